The molecule has 0 unspecified atom stereocenters. The zero-order valence-corrected chi connectivity index (χ0v) is 64.1. The fourth-order valence-corrected chi connectivity index (χ4v) is 15.8. The summed E-state index contributed by atoms with van der Waals surface area (Å²) in [5, 5.41) is 0. The van der Waals surface area contributed by atoms with E-state index in [1.807, 2.05) is 0 Å². The van der Waals surface area contributed by atoms with Crippen LogP contribution in [0, 0.1) is 72.5 Å². The third-order valence-corrected chi connectivity index (χ3v) is 20.3. The van der Waals surface area contributed by atoms with Crippen molar-refractivity contribution in [1.29, 1.82) is 0 Å². The third-order valence-electron chi connectivity index (χ3n) is 20.3. The van der Waals surface area contributed by atoms with Crippen LogP contribution in [-0.4, -0.2) is 51.8 Å². The zero-order chi connectivity index (χ0) is 65.2. The van der Waals surface area contributed by atoms with Crippen LogP contribution in [0.25, 0.3) is 0 Å². The van der Waals surface area contributed by atoms with Crippen LogP contribution in [0.5, 0.6) is 0 Å². The Balaban J connectivity index is -0.0000000421. The van der Waals surface area contributed by atoms with Gasteiger partial charge in [-0.1, -0.05) is 318 Å². The van der Waals surface area contributed by atoms with Crippen molar-refractivity contribution in [3.63, 3.8) is 0 Å². The van der Waals surface area contributed by atoms with Gasteiger partial charge in [-0.2, -0.15) is 13.3 Å². The molecule has 0 spiro atoms. The molecule has 17 heteroatoms. The first-order valence-electron chi connectivity index (χ1n) is 34.6. The summed E-state index contributed by atoms with van der Waals surface area (Å²) in [6.45, 7) is 39.2. The minimum absolute atomic E-state index is 0. The third kappa shape index (κ3) is 65.4. The number of rotatable bonds is 26. The summed E-state index contributed by atoms with van der Waals surface area (Å²) in [4.78, 5) is 18.6. The van der Waals surface area contributed by atoms with E-state index >= 15 is 0 Å². The molecule has 10 rings (SSSR count). The summed E-state index contributed by atoms with van der Waals surface area (Å²) in [5.41, 5.74) is 7.21. The Labute approximate surface area is 820 Å². The van der Waals surface area contributed by atoms with Gasteiger partial charge in [-0.3, -0.25) is 4.98 Å². The van der Waals surface area contributed by atoms with Crippen LogP contribution in [-0.2, 0) is 126 Å². The Hall–Kier alpha value is -1.78. The molecule has 119 heavy (non-hydrogen) atoms. The van der Waals surface area contributed by atoms with Crippen LogP contribution < -0.4 is 9.13 Å². The number of allylic oxidation sites excluding steroid dienone is 2. The van der Waals surface area contributed by atoms with Gasteiger partial charge in [-0.15, -0.1) is 13.2 Å². The van der Waals surface area contributed by atoms with Gasteiger partial charge in [0.2, 0.25) is 12.7 Å². The first kappa shape index (κ1) is 186. The first-order chi connectivity index (χ1) is 43.9. The molecule has 6 heterocycles. The summed E-state index contributed by atoms with van der Waals surface area (Å²) in [6.07, 6.45) is 51.9. The molecular formula is C102H228Ag4Cl2N10O. The van der Waals surface area contributed by atoms with E-state index in [0.29, 0.717) is 0 Å². The average molecular weight is 2110 g/mol. The van der Waals surface area contributed by atoms with Crippen LogP contribution in [0.3, 0.4) is 0 Å². The number of aryl methyl sites for hydroxylation is 2. The number of halogens is 2. The van der Waals surface area contributed by atoms with E-state index in [9.17, 15) is 0 Å². The fraction of sp³-hybridized carbons (Fsp3) is 0.745. The number of unbranched alkanes of at least 4 members (excludes halogenated alkanes) is 4. The van der Waals surface area contributed by atoms with Crippen molar-refractivity contribution in [2.24, 2.45) is 59.2 Å². The van der Waals surface area contributed by atoms with Gasteiger partial charge in [0.05, 0.1) is 35.9 Å². The van der Waals surface area contributed by atoms with Gasteiger partial charge in [0.25, 0.3) is 0 Å². The van der Waals surface area contributed by atoms with Gasteiger partial charge in [-0.25, -0.2) is 23.3 Å². The van der Waals surface area contributed by atoms with Gasteiger partial charge >= 0.3 is 82.6 Å². The van der Waals surface area contributed by atoms with Crippen LogP contribution in [0.1, 0.15) is 427 Å². The van der Waals surface area contributed by atoms with E-state index in [1.54, 1.807) is 40.3 Å². The number of hydrogen-bond acceptors (Lipinski definition) is 7. The second kappa shape index (κ2) is 107. The topological polar surface area (TPSA) is 73.4 Å². The monoisotopic (exact) mass is 2110 g/mol. The van der Waals surface area contributed by atoms with E-state index < -0.39 is 0 Å². The Morgan fingerprint density at radius 2 is 0.714 bits per heavy atom. The van der Waals surface area contributed by atoms with Crippen molar-refractivity contribution >= 4 is 18.4 Å². The van der Waals surface area contributed by atoms with Crippen LogP contribution in [0.15, 0.2) is 123 Å². The van der Waals surface area contributed by atoms with E-state index in [2.05, 4.69) is 277 Å². The molecule has 0 aromatic carbocycles. The van der Waals surface area contributed by atoms with E-state index in [0.717, 1.165) is 134 Å². The first-order valence-corrected chi connectivity index (χ1v) is 39.0. The van der Waals surface area contributed by atoms with Gasteiger partial charge in [-0.05, 0) is 231 Å². The van der Waals surface area contributed by atoms with E-state index in [1.165, 1.54) is 133 Å². The van der Waals surface area contributed by atoms with Gasteiger partial charge in [0.15, 0.2) is 0 Å². The number of fused-ring (bicyclic) bond motifs is 4. The molecule has 6 aliphatic rings. The Bertz CT molecular complexity index is 2530. The minimum atomic E-state index is 0. The molecule has 2 aliphatic heterocycles. The standard InChI is InChI=1S/C32H54.2C21H31N5.28CH4.4Ag.2ClH.O/c1-21(2)10-12-27-14-16-29-19-25-8-7-9-26(18-25)20-30-17-15-28(13-11-22(3)4)32(30)24(6)23(5)31(27)29;2*1-3-5-10-23-12-14-25(18-23)16-20-8-7-9-21(22-20)17-26-15-13-24(19-26)11-6-4-2;;;;;;;;;;;;;;;;;;;;;;;;;;;;;;;;;;;/h23-32H,1,3,7-20H2,2,4-6H3;2*7-9,12-15,18-19H,3-6,10-11,16-17H2,1-2H3;28*1H4;;;;;2*1H;/q;-2;+2;;;;;;;;;;;;;;;;;;;;;;;;;;;;;;;2*+1;;;/p-2/t23-,24+,25+,26-,27+,28-,29+,30-,31+,32-;;;;;;;;;;;;;;;;;;;;;;;;;;;;;;;;;;;;;. The molecule has 2 bridgehead atoms. The van der Waals surface area contributed by atoms with Crippen molar-refractivity contribution in [1.82, 2.24) is 38.7 Å². The van der Waals surface area contributed by atoms with Crippen molar-refractivity contribution in [3.8, 4) is 0 Å². The van der Waals surface area contributed by atoms with Crippen LogP contribution >= 0.6 is 18.4 Å². The Kier molecular flexibility index (Phi) is 167. The van der Waals surface area contributed by atoms with Crippen LogP contribution in [0.2, 0.25) is 0 Å². The van der Waals surface area contributed by atoms with Gasteiger partial charge in [0, 0.05) is 35.5 Å². The summed E-state index contributed by atoms with van der Waals surface area (Å²) in [6, 6.07) is 12.7. The quantitative estimate of drug-likeness (QED) is 0.0268. The zero-order valence-electron chi connectivity index (χ0n) is 56.6. The predicted molar refractivity (Wildman–Crippen MR) is 548 cm³/mol. The molecule has 0 N–H and O–H groups in total. The Morgan fingerprint density at radius 3 is 1.02 bits per heavy atom. The molecule has 4 aromatic heterocycles. The van der Waals surface area contributed by atoms with E-state index in [4.69, 9.17) is 13.2 Å². The van der Waals surface area contributed by atoms with Gasteiger partial charge < -0.3 is 19.6 Å². The molecular weight excluding hydrogens is 1880 g/mol. The predicted octanol–water partition coefficient (Wildman–Crippen LogP) is 36.0. The number of hydrogen-bond donors (Lipinski definition) is 0. The number of nitrogens with zero attached hydrogens (tertiary/aromatic N) is 10. The van der Waals surface area contributed by atoms with Crippen molar-refractivity contribution in [2.45, 2.75) is 444 Å². The number of imidazole rings is 2. The molecule has 0 saturated heterocycles. The second-order valence-electron chi connectivity index (χ2n) is 27.4. The molecule has 0 amide bonds. The SMILES string of the molecule is C.C.C.C.C.C.C.C.C.C.C.C.C.C.C.C.C.C.C.C.C.C.C.C.C.C.C.C.C=C(C)CC[C@H]1CC[C@H]2C[C@H]3CCC[C@H](C3)C[C@H]3CC[C@@H](CCC(=C)C)[C@H]3[C@@H](C)[C@@H](C)[C@@H]12.CCCCN1C=CN(Cc2cccc(CN3C=CN(CCCC)[CH-]3)n2)[CH-]1.CCCCn1cc[n+](Cc2cccc(C[n+]3ccn(CCCC)c3)n2)c1.[Ag].[Cl][Ag].[Cl][Ag].[O]=[Ag]. The number of aromatic nitrogens is 6. The second-order valence-corrected chi connectivity index (χ2v) is 27.4. The van der Waals surface area contributed by atoms with Crippen molar-refractivity contribution in [2.75, 3.05) is 13.1 Å². The van der Waals surface area contributed by atoms with Crippen molar-refractivity contribution in [3.05, 3.63) is 159 Å². The normalized spacial score (nSPS) is 18.1. The van der Waals surface area contributed by atoms with Gasteiger partial charge in [0.1, 0.15) is 37.9 Å². The molecule has 11 nitrogen and oxygen atoms in total. The molecule has 4 fully saturated rings. The molecule has 750 valence electrons. The maximum absolute atomic E-state index is 8.06. The molecule has 4 aromatic rings. The summed E-state index contributed by atoms with van der Waals surface area (Å²) in [7, 11) is 8.90. The number of pyridine rings is 2. The fourth-order valence-electron chi connectivity index (χ4n) is 15.8. The molecule has 4 saturated carbocycles. The van der Waals surface area contributed by atoms with Crippen molar-refractivity contribution < 1.29 is 95.8 Å². The van der Waals surface area contributed by atoms with E-state index in [-0.39, 0.29) is 230 Å². The summed E-state index contributed by atoms with van der Waals surface area (Å²) >= 11 is 6.54. The summed E-state index contributed by atoms with van der Waals surface area (Å²) < 4.78 is 17.0. The molecule has 1 radical (unpaired) electrons. The van der Waals surface area contributed by atoms with Crippen LogP contribution in [0.4, 0.5) is 0 Å². The maximum atomic E-state index is 8.06. The molecule has 10 atom stereocenters. The Morgan fingerprint density at radius 1 is 0.429 bits per heavy atom. The molecule has 4 aliphatic carbocycles. The summed E-state index contributed by atoms with van der Waals surface area (Å²) in [5.74, 6) is 9.78. The average Bonchev–Trinajstić information content (AvgIpc) is 1.64.